The average molecular weight is 448 g/mol. The van der Waals surface area contributed by atoms with E-state index in [-0.39, 0.29) is 29.6 Å². The van der Waals surface area contributed by atoms with Crippen LogP contribution in [-0.2, 0) is 4.79 Å². The number of halogens is 1. The fourth-order valence-electron chi connectivity index (χ4n) is 2.98. The Hall–Kier alpha value is -3.73. The minimum atomic E-state index is -0.373. The molecular weight excluding hydrogens is 434 g/mol. The Bertz CT molecular complexity index is 1340. The van der Waals surface area contributed by atoms with Gasteiger partial charge in [0, 0.05) is 27.9 Å². The Morgan fingerprint density at radius 2 is 2.00 bits per heavy atom. The minimum Gasteiger partial charge on any atom is -0.483 e. The first kappa shape index (κ1) is 20.5. The maximum Gasteiger partial charge on any atom is 0.262 e. The van der Waals surface area contributed by atoms with Gasteiger partial charge in [-0.2, -0.15) is 9.64 Å². The minimum absolute atomic E-state index is 0.209. The first-order valence-corrected chi connectivity index (χ1v) is 10.3. The lowest BCUT2D eigenvalue weighted by atomic mass is 10.0. The van der Waals surface area contributed by atoms with Gasteiger partial charge in [-0.15, -0.1) is 0 Å². The van der Waals surface area contributed by atoms with Crippen molar-refractivity contribution in [2.24, 2.45) is 0 Å². The summed E-state index contributed by atoms with van der Waals surface area (Å²) in [4.78, 5) is 25.3. The SMILES string of the molecule is N#Cc1cccc(C(=O)c2cc(Cl)ccc2OCC(=O)Nc2ccc3sncc3c2)c1. The highest BCUT2D eigenvalue weighted by Gasteiger charge is 2.17. The van der Waals surface area contributed by atoms with Gasteiger partial charge in [0.05, 0.1) is 21.9 Å². The number of aromatic nitrogens is 1. The van der Waals surface area contributed by atoms with Crippen molar-refractivity contribution in [1.29, 1.82) is 5.26 Å². The molecule has 1 heterocycles. The van der Waals surface area contributed by atoms with Crippen molar-refractivity contribution in [3.8, 4) is 11.8 Å². The average Bonchev–Trinajstić information content (AvgIpc) is 3.25. The second-order valence-electron chi connectivity index (χ2n) is 6.58. The number of carbonyl (C=O) groups excluding carboxylic acids is 2. The molecule has 0 aliphatic heterocycles. The summed E-state index contributed by atoms with van der Waals surface area (Å²) in [5.74, 6) is -0.503. The van der Waals surface area contributed by atoms with Crippen LogP contribution in [-0.4, -0.2) is 22.7 Å². The molecule has 8 heteroatoms. The molecular formula is C23H14ClN3O3S. The fraction of sp³-hybridized carbons (Fsp3) is 0.0435. The number of nitriles is 1. The van der Waals surface area contributed by atoms with Crippen molar-refractivity contribution in [3.05, 3.63) is 88.6 Å². The van der Waals surface area contributed by atoms with Gasteiger partial charge in [-0.05, 0) is 60.1 Å². The number of anilines is 1. The third-order valence-corrected chi connectivity index (χ3v) is 5.45. The number of fused-ring (bicyclic) bond motifs is 1. The van der Waals surface area contributed by atoms with Crippen molar-refractivity contribution in [3.63, 3.8) is 0 Å². The number of ketones is 1. The zero-order chi connectivity index (χ0) is 21.8. The largest absolute Gasteiger partial charge is 0.483 e. The van der Waals surface area contributed by atoms with Crippen molar-refractivity contribution in [1.82, 2.24) is 4.37 Å². The Kier molecular flexibility index (Phi) is 5.94. The van der Waals surface area contributed by atoms with E-state index in [1.165, 1.54) is 23.7 Å². The lowest BCUT2D eigenvalue weighted by molar-refractivity contribution is -0.118. The van der Waals surface area contributed by atoms with E-state index in [2.05, 4.69) is 9.69 Å². The van der Waals surface area contributed by atoms with Crippen LogP contribution in [0.4, 0.5) is 5.69 Å². The first-order valence-electron chi connectivity index (χ1n) is 9.15. The van der Waals surface area contributed by atoms with Crippen LogP contribution in [0.5, 0.6) is 5.75 Å². The van der Waals surface area contributed by atoms with Crippen molar-refractivity contribution in [2.45, 2.75) is 0 Å². The molecule has 0 spiro atoms. The van der Waals surface area contributed by atoms with Gasteiger partial charge in [0.25, 0.3) is 5.91 Å². The lowest BCUT2D eigenvalue weighted by Crippen LogP contribution is -2.21. The zero-order valence-electron chi connectivity index (χ0n) is 16.0. The summed E-state index contributed by atoms with van der Waals surface area (Å²) in [6, 6.07) is 18.5. The molecule has 0 aliphatic carbocycles. The number of nitrogens with zero attached hydrogens (tertiary/aromatic N) is 2. The van der Waals surface area contributed by atoms with Crippen LogP contribution in [0.2, 0.25) is 5.02 Å². The van der Waals surface area contributed by atoms with Gasteiger partial charge < -0.3 is 10.1 Å². The van der Waals surface area contributed by atoms with Gasteiger partial charge in [-0.3, -0.25) is 9.59 Å². The van der Waals surface area contributed by atoms with Crippen molar-refractivity contribution < 1.29 is 14.3 Å². The normalized spacial score (nSPS) is 10.5. The van der Waals surface area contributed by atoms with E-state index in [0.717, 1.165) is 10.1 Å². The molecule has 0 saturated carbocycles. The fourth-order valence-corrected chi connectivity index (χ4v) is 3.78. The molecule has 0 radical (unpaired) electrons. The monoisotopic (exact) mass is 447 g/mol. The Labute approximate surface area is 186 Å². The van der Waals surface area contributed by atoms with Gasteiger partial charge in [-0.1, -0.05) is 23.7 Å². The van der Waals surface area contributed by atoms with Gasteiger partial charge in [0.1, 0.15) is 5.75 Å². The third-order valence-electron chi connectivity index (χ3n) is 4.44. The molecule has 0 aliphatic rings. The summed E-state index contributed by atoms with van der Waals surface area (Å²) >= 11 is 7.45. The molecule has 4 aromatic rings. The van der Waals surface area contributed by atoms with E-state index in [1.54, 1.807) is 42.6 Å². The van der Waals surface area contributed by atoms with E-state index < -0.39 is 0 Å². The standard InChI is InChI=1S/C23H14ClN3O3S/c24-17-4-6-20(19(10-17)23(29)15-3-1-2-14(8-15)11-25)30-13-22(28)27-18-5-7-21-16(9-18)12-26-31-21/h1-10,12H,13H2,(H,27,28). The molecule has 1 amide bonds. The summed E-state index contributed by atoms with van der Waals surface area (Å²) in [6.45, 7) is -0.292. The van der Waals surface area contributed by atoms with E-state index in [1.807, 2.05) is 18.2 Å². The number of benzene rings is 3. The highest BCUT2D eigenvalue weighted by atomic mass is 35.5. The van der Waals surface area contributed by atoms with Crippen LogP contribution in [0.15, 0.2) is 66.9 Å². The summed E-state index contributed by atoms with van der Waals surface area (Å²) in [5.41, 5.74) is 1.53. The molecule has 0 atom stereocenters. The molecule has 31 heavy (non-hydrogen) atoms. The number of carbonyl (C=O) groups is 2. The van der Waals surface area contributed by atoms with Crippen LogP contribution >= 0.6 is 23.1 Å². The smallest absolute Gasteiger partial charge is 0.262 e. The van der Waals surface area contributed by atoms with E-state index in [0.29, 0.717) is 21.8 Å². The van der Waals surface area contributed by atoms with Crippen LogP contribution < -0.4 is 10.1 Å². The van der Waals surface area contributed by atoms with E-state index in [4.69, 9.17) is 21.6 Å². The zero-order valence-corrected chi connectivity index (χ0v) is 17.5. The number of amides is 1. The van der Waals surface area contributed by atoms with Crippen LogP contribution in [0, 0.1) is 11.3 Å². The molecule has 1 N–H and O–H groups in total. The lowest BCUT2D eigenvalue weighted by Gasteiger charge is -2.12. The molecule has 4 rings (SSSR count). The van der Waals surface area contributed by atoms with Gasteiger partial charge in [0.15, 0.2) is 12.4 Å². The molecule has 6 nitrogen and oxygen atoms in total. The highest BCUT2D eigenvalue weighted by molar-refractivity contribution is 7.13. The van der Waals surface area contributed by atoms with Crippen molar-refractivity contribution >= 4 is 50.6 Å². The molecule has 152 valence electrons. The maximum atomic E-state index is 13.0. The molecule has 0 bridgehead atoms. The second kappa shape index (κ2) is 8.96. The summed E-state index contributed by atoms with van der Waals surface area (Å²) in [6.07, 6.45) is 1.74. The quantitative estimate of drug-likeness (QED) is 0.416. The number of rotatable bonds is 6. The molecule has 0 fully saturated rings. The summed E-state index contributed by atoms with van der Waals surface area (Å²) < 4.78 is 10.8. The number of nitrogens with one attached hydrogen (secondary N) is 1. The van der Waals surface area contributed by atoms with Crippen LogP contribution in [0.3, 0.4) is 0 Å². The Balaban J connectivity index is 1.50. The van der Waals surface area contributed by atoms with Crippen LogP contribution in [0.25, 0.3) is 10.1 Å². The number of ether oxygens (including phenoxy) is 1. The van der Waals surface area contributed by atoms with Gasteiger partial charge >= 0.3 is 0 Å². The Morgan fingerprint density at radius 3 is 2.84 bits per heavy atom. The third kappa shape index (κ3) is 4.72. The first-order chi connectivity index (χ1) is 15.0. The molecule has 3 aromatic carbocycles. The van der Waals surface area contributed by atoms with Gasteiger partial charge in [-0.25, -0.2) is 0 Å². The number of hydrogen-bond acceptors (Lipinski definition) is 6. The summed E-state index contributed by atoms with van der Waals surface area (Å²) in [7, 11) is 0. The summed E-state index contributed by atoms with van der Waals surface area (Å²) in [5, 5.41) is 13.1. The topological polar surface area (TPSA) is 92.1 Å². The predicted molar refractivity (Wildman–Crippen MR) is 120 cm³/mol. The van der Waals surface area contributed by atoms with Gasteiger partial charge in [0.2, 0.25) is 0 Å². The maximum absolute atomic E-state index is 13.0. The number of hydrogen-bond donors (Lipinski definition) is 1. The molecule has 0 saturated heterocycles. The highest BCUT2D eigenvalue weighted by Crippen LogP contribution is 2.26. The Morgan fingerprint density at radius 1 is 1.13 bits per heavy atom. The van der Waals surface area contributed by atoms with E-state index >= 15 is 0 Å². The van der Waals surface area contributed by atoms with Crippen LogP contribution in [0.1, 0.15) is 21.5 Å². The van der Waals surface area contributed by atoms with Crippen molar-refractivity contribution in [2.75, 3.05) is 11.9 Å². The molecule has 1 aromatic heterocycles. The second-order valence-corrected chi connectivity index (χ2v) is 7.85. The predicted octanol–water partition coefficient (Wildman–Crippen LogP) is 5.07. The van der Waals surface area contributed by atoms with E-state index in [9.17, 15) is 9.59 Å². The molecule has 0 unspecified atom stereocenters.